The molecule has 1 saturated heterocycles. The predicted octanol–water partition coefficient (Wildman–Crippen LogP) is 2.42. The fourth-order valence-electron chi connectivity index (χ4n) is 2.99. The molecular weight excluding hydrogens is 320 g/mol. The Bertz CT molecular complexity index is 788. The molecule has 2 aliphatic heterocycles. The van der Waals surface area contributed by atoms with Gasteiger partial charge >= 0.3 is 0 Å². The number of aliphatic imine (C=N–C) groups is 1. The molecule has 0 spiro atoms. The van der Waals surface area contributed by atoms with Crippen molar-refractivity contribution in [1.29, 1.82) is 0 Å². The molecule has 0 unspecified atom stereocenters. The van der Waals surface area contributed by atoms with Crippen LogP contribution in [-0.2, 0) is 11.3 Å². The quantitative estimate of drug-likeness (QED) is 0.921. The first-order valence-electron chi connectivity index (χ1n) is 8.37. The van der Waals surface area contributed by atoms with E-state index in [1.807, 2.05) is 18.2 Å². The van der Waals surface area contributed by atoms with Crippen LogP contribution in [0.15, 0.2) is 35.6 Å². The number of amidine groups is 1. The lowest BCUT2D eigenvalue weighted by Gasteiger charge is -2.24. The highest BCUT2D eigenvalue weighted by Gasteiger charge is 2.25. The van der Waals surface area contributed by atoms with E-state index in [0.717, 1.165) is 48.7 Å². The fraction of sp³-hybridized carbons (Fsp3) is 0.389. The summed E-state index contributed by atoms with van der Waals surface area (Å²) in [6.07, 6.45) is 5.37. The molecule has 2 aromatic heterocycles. The van der Waals surface area contributed by atoms with Crippen LogP contribution in [0.4, 0.5) is 5.69 Å². The Labute approximate surface area is 146 Å². The lowest BCUT2D eigenvalue weighted by atomic mass is 10.1. The maximum Gasteiger partial charge on any atom is 0.225 e. The van der Waals surface area contributed by atoms with E-state index in [4.69, 9.17) is 14.2 Å². The number of nitrogens with one attached hydrogen (secondary N) is 1. The van der Waals surface area contributed by atoms with Crippen molar-refractivity contribution >= 4 is 11.5 Å². The van der Waals surface area contributed by atoms with Crippen molar-refractivity contribution in [2.45, 2.75) is 25.5 Å². The number of nitrogens with zero attached hydrogens (tertiary/aromatic N) is 3. The minimum atomic E-state index is 0.135. The molecule has 4 heterocycles. The number of rotatable bonds is 4. The normalized spacial score (nSPS) is 16.9. The molecule has 0 bridgehead atoms. The van der Waals surface area contributed by atoms with E-state index in [1.54, 1.807) is 19.5 Å². The highest BCUT2D eigenvalue weighted by atomic mass is 16.5. The van der Waals surface area contributed by atoms with Crippen molar-refractivity contribution in [3.63, 3.8) is 0 Å². The summed E-state index contributed by atoms with van der Waals surface area (Å²) in [5.41, 5.74) is 2.91. The van der Waals surface area contributed by atoms with Gasteiger partial charge in [-0.3, -0.25) is 4.99 Å². The Morgan fingerprint density at radius 1 is 1.16 bits per heavy atom. The van der Waals surface area contributed by atoms with Crippen LogP contribution in [0.1, 0.15) is 24.0 Å². The monoisotopic (exact) mass is 340 g/mol. The molecule has 130 valence electrons. The summed E-state index contributed by atoms with van der Waals surface area (Å²) >= 11 is 0. The largest absolute Gasteiger partial charge is 0.481 e. The van der Waals surface area contributed by atoms with Crippen molar-refractivity contribution < 1.29 is 14.2 Å². The number of ether oxygens (including phenoxy) is 3. The summed E-state index contributed by atoms with van der Waals surface area (Å²) in [5.74, 6) is 1.95. The second-order valence-electron chi connectivity index (χ2n) is 5.96. The molecule has 25 heavy (non-hydrogen) atoms. The summed E-state index contributed by atoms with van der Waals surface area (Å²) in [6.45, 7) is 2.08. The zero-order chi connectivity index (χ0) is 17.1. The van der Waals surface area contributed by atoms with Gasteiger partial charge in [0.05, 0.1) is 32.4 Å². The zero-order valence-electron chi connectivity index (χ0n) is 14.1. The van der Waals surface area contributed by atoms with Gasteiger partial charge in [-0.2, -0.15) is 0 Å². The minimum Gasteiger partial charge on any atom is -0.481 e. The van der Waals surface area contributed by atoms with Crippen LogP contribution in [0, 0.1) is 0 Å². The predicted molar refractivity (Wildman–Crippen MR) is 93.4 cm³/mol. The van der Waals surface area contributed by atoms with Crippen LogP contribution < -0.4 is 14.8 Å². The maximum absolute atomic E-state index is 6.16. The molecule has 0 aromatic carbocycles. The first-order valence-corrected chi connectivity index (χ1v) is 8.37. The summed E-state index contributed by atoms with van der Waals surface area (Å²) in [6, 6.07) is 5.69. The second-order valence-corrected chi connectivity index (χ2v) is 5.96. The average Bonchev–Trinajstić information content (AvgIpc) is 3.07. The van der Waals surface area contributed by atoms with E-state index in [-0.39, 0.29) is 6.10 Å². The van der Waals surface area contributed by atoms with E-state index < -0.39 is 0 Å². The van der Waals surface area contributed by atoms with Gasteiger partial charge in [-0.25, -0.2) is 9.97 Å². The standard InChI is InChI=1S/C18H20N4O3/c1-23-15-10-13(3-7-19-15)22-17-16-12(11-21-17)2-6-20-18(16)25-14-4-8-24-9-5-14/h2-3,6-7,10,14H,4-5,8-9,11H2,1H3,(H,19,21,22). The van der Waals surface area contributed by atoms with E-state index in [2.05, 4.69) is 20.3 Å². The Morgan fingerprint density at radius 2 is 2.00 bits per heavy atom. The van der Waals surface area contributed by atoms with Crippen LogP contribution in [-0.4, -0.2) is 42.2 Å². The summed E-state index contributed by atoms with van der Waals surface area (Å²) in [4.78, 5) is 13.2. The Kier molecular flexibility index (Phi) is 4.47. The van der Waals surface area contributed by atoms with Crippen LogP contribution >= 0.6 is 0 Å². The maximum atomic E-state index is 6.16. The SMILES string of the molecule is COc1cc(NC2=NCc3ccnc(OC4CCOCC4)c32)ccn1. The minimum absolute atomic E-state index is 0.135. The Morgan fingerprint density at radius 3 is 2.84 bits per heavy atom. The smallest absolute Gasteiger partial charge is 0.225 e. The number of pyridine rings is 2. The van der Waals surface area contributed by atoms with Crippen molar-refractivity contribution in [3.8, 4) is 11.8 Å². The first kappa shape index (κ1) is 15.8. The van der Waals surface area contributed by atoms with Crippen LogP contribution in [0.5, 0.6) is 11.8 Å². The van der Waals surface area contributed by atoms with Gasteiger partial charge in [0.1, 0.15) is 11.9 Å². The van der Waals surface area contributed by atoms with E-state index in [9.17, 15) is 0 Å². The van der Waals surface area contributed by atoms with Gasteiger partial charge in [0.25, 0.3) is 0 Å². The third kappa shape index (κ3) is 3.41. The summed E-state index contributed by atoms with van der Waals surface area (Å²) in [7, 11) is 1.60. The third-order valence-electron chi connectivity index (χ3n) is 4.30. The lowest BCUT2D eigenvalue weighted by molar-refractivity contribution is 0.0236. The summed E-state index contributed by atoms with van der Waals surface area (Å²) < 4.78 is 16.7. The van der Waals surface area contributed by atoms with Gasteiger partial charge in [0, 0.05) is 37.0 Å². The summed E-state index contributed by atoms with van der Waals surface area (Å²) in [5, 5.41) is 3.33. The molecule has 0 atom stereocenters. The van der Waals surface area contributed by atoms with Gasteiger partial charge in [-0.05, 0) is 17.7 Å². The molecule has 0 radical (unpaired) electrons. The van der Waals surface area contributed by atoms with Crippen molar-refractivity contribution in [1.82, 2.24) is 9.97 Å². The van der Waals surface area contributed by atoms with Crippen molar-refractivity contribution in [2.75, 3.05) is 25.6 Å². The molecule has 0 amide bonds. The highest BCUT2D eigenvalue weighted by Crippen LogP contribution is 2.29. The number of anilines is 1. The zero-order valence-corrected chi connectivity index (χ0v) is 14.1. The molecule has 2 aromatic rings. The van der Waals surface area contributed by atoms with Gasteiger partial charge in [0.15, 0.2) is 0 Å². The Hall–Kier alpha value is -2.67. The third-order valence-corrected chi connectivity index (χ3v) is 4.30. The van der Waals surface area contributed by atoms with Gasteiger partial charge in [0.2, 0.25) is 11.8 Å². The van der Waals surface area contributed by atoms with Gasteiger partial charge < -0.3 is 19.5 Å². The highest BCUT2D eigenvalue weighted by molar-refractivity contribution is 6.12. The van der Waals surface area contributed by atoms with Crippen molar-refractivity contribution in [2.24, 2.45) is 4.99 Å². The number of methoxy groups -OCH3 is 1. The van der Waals surface area contributed by atoms with Crippen LogP contribution in [0.25, 0.3) is 0 Å². The molecule has 1 fully saturated rings. The van der Waals surface area contributed by atoms with Gasteiger partial charge in [-0.15, -0.1) is 0 Å². The Balaban J connectivity index is 1.57. The molecule has 0 aliphatic carbocycles. The lowest BCUT2D eigenvalue weighted by Crippen LogP contribution is -2.27. The first-order chi connectivity index (χ1) is 12.3. The molecule has 7 heteroatoms. The topological polar surface area (TPSA) is 77.9 Å². The molecule has 1 N–H and O–H groups in total. The molecular formula is C18H20N4O3. The number of hydrogen-bond acceptors (Lipinski definition) is 7. The average molecular weight is 340 g/mol. The van der Waals surface area contributed by atoms with E-state index in [0.29, 0.717) is 18.3 Å². The molecule has 4 rings (SSSR count). The van der Waals surface area contributed by atoms with Crippen LogP contribution in [0.2, 0.25) is 0 Å². The van der Waals surface area contributed by atoms with E-state index in [1.165, 1.54) is 0 Å². The number of aromatic nitrogens is 2. The molecule has 7 nitrogen and oxygen atoms in total. The second kappa shape index (κ2) is 7.06. The van der Waals surface area contributed by atoms with Crippen LogP contribution in [0.3, 0.4) is 0 Å². The number of hydrogen-bond donors (Lipinski definition) is 1. The molecule has 0 saturated carbocycles. The van der Waals surface area contributed by atoms with Gasteiger partial charge in [-0.1, -0.05) is 0 Å². The van der Waals surface area contributed by atoms with Crippen molar-refractivity contribution in [3.05, 3.63) is 41.7 Å². The van der Waals surface area contributed by atoms with E-state index >= 15 is 0 Å². The number of fused-ring (bicyclic) bond motifs is 1. The fourth-order valence-corrected chi connectivity index (χ4v) is 2.99. The molecule has 2 aliphatic rings.